The number of nitrogens with zero attached hydrogens (tertiary/aromatic N) is 1. The number of halogens is 1. The number of hydrogen-bond donors (Lipinski definition) is 0. The number of amides is 1. The topological polar surface area (TPSA) is 38.8 Å². The minimum absolute atomic E-state index is 0.289. The number of hydrogen-bond acceptors (Lipinski definition) is 4. The van der Waals surface area contributed by atoms with Gasteiger partial charge in [-0.05, 0) is 99.0 Å². The van der Waals surface area contributed by atoms with Gasteiger partial charge in [0, 0.05) is 22.9 Å². The van der Waals surface area contributed by atoms with Crippen LogP contribution in [0.2, 0.25) is 0 Å². The average Bonchev–Trinajstić information content (AvgIpc) is 2.89. The van der Waals surface area contributed by atoms with E-state index in [0.29, 0.717) is 24.6 Å². The van der Waals surface area contributed by atoms with Gasteiger partial charge in [-0.2, -0.15) is 0 Å². The number of rotatable bonds is 9. The van der Waals surface area contributed by atoms with E-state index in [1.54, 1.807) is 28.8 Å². The van der Waals surface area contributed by atoms with Crippen LogP contribution in [0.3, 0.4) is 0 Å². The molecule has 0 saturated carbocycles. The van der Waals surface area contributed by atoms with Crippen molar-refractivity contribution in [1.82, 2.24) is 4.90 Å². The van der Waals surface area contributed by atoms with Crippen LogP contribution < -0.4 is 4.74 Å². The van der Waals surface area contributed by atoms with Crippen LogP contribution >= 0.6 is 11.8 Å². The van der Waals surface area contributed by atoms with Gasteiger partial charge < -0.3 is 14.4 Å². The summed E-state index contributed by atoms with van der Waals surface area (Å²) < 4.78 is 24.5. The second kappa shape index (κ2) is 12.7. The van der Waals surface area contributed by atoms with Gasteiger partial charge in [0.2, 0.25) is 0 Å². The van der Waals surface area contributed by atoms with E-state index in [1.807, 2.05) is 75.4 Å². The first-order valence-corrected chi connectivity index (χ1v) is 13.4. The Kier molecular flexibility index (Phi) is 9.08. The van der Waals surface area contributed by atoms with Gasteiger partial charge in [0.1, 0.15) is 22.9 Å². The lowest BCUT2D eigenvalue weighted by atomic mass is 10.1. The summed E-state index contributed by atoms with van der Waals surface area (Å²) in [5.74, 6) is 1.00. The molecule has 196 valence electrons. The summed E-state index contributed by atoms with van der Waals surface area (Å²) in [4.78, 5) is 16.8. The first-order chi connectivity index (χ1) is 18.2. The highest BCUT2D eigenvalue weighted by Gasteiger charge is 2.22. The summed E-state index contributed by atoms with van der Waals surface area (Å²) in [5, 5.41) is 0. The smallest absolute Gasteiger partial charge is 0.410 e. The van der Waals surface area contributed by atoms with Crippen LogP contribution in [0.15, 0.2) is 113 Å². The summed E-state index contributed by atoms with van der Waals surface area (Å²) in [5.41, 5.74) is 1.68. The predicted octanol–water partition coefficient (Wildman–Crippen LogP) is 8.75. The monoisotopic (exact) mass is 529 g/mol. The molecule has 6 heteroatoms. The normalized spacial score (nSPS) is 11.2. The number of carbonyl (C=O) groups is 1. The van der Waals surface area contributed by atoms with Gasteiger partial charge >= 0.3 is 6.09 Å². The molecule has 4 rings (SSSR count). The van der Waals surface area contributed by atoms with Gasteiger partial charge in [0.25, 0.3) is 0 Å². The van der Waals surface area contributed by atoms with Crippen molar-refractivity contribution in [2.75, 3.05) is 6.54 Å². The molecule has 0 atom stereocenters. The van der Waals surface area contributed by atoms with Crippen LogP contribution in [-0.2, 0) is 17.7 Å². The first kappa shape index (κ1) is 27.3. The molecule has 0 aromatic heterocycles. The lowest BCUT2D eigenvalue weighted by molar-refractivity contribution is 0.0236. The van der Waals surface area contributed by atoms with Crippen molar-refractivity contribution in [3.8, 4) is 11.5 Å². The van der Waals surface area contributed by atoms with Crippen LogP contribution in [0, 0.1) is 5.82 Å². The Bertz CT molecular complexity index is 1300. The fourth-order valence-electron chi connectivity index (χ4n) is 3.70. The van der Waals surface area contributed by atoms with E-state index < -0.39 is 5.60 Å². The van der Waals surface area contributed by atoms with Crippen molar-refractivity contribution in [1.29, 1.82) is 0 Å². The molecular formula is C32H32FNO3S. The van der Waals surface area contributed by atoms with Crippen LogP contribution in [-0.4, -0.2) is 23.1 Å². The molecule has 38 heavy (non-hydrogen) atoms. The molecule has 0 aliphatic carbocycles. The van der Waals surface area contributed by atoms with Crippen LogP contribution in [0.5, 0.6) is 11.5 Å². The molecule has 0 fully saturated rings. The van der Waals surface area contributed by atoms with Crippen molar-refractivity contribution in [3.63, 3.8) is 0 Å². The fraction of sp³-hybridized carbons (Fsp3) is 0.219. The highest BCUT2D eigenvalue weighted by molar-refractivity contribution is 7.99. The molecular weight excluding hydrogens is 497 g/mol. The Morgan fingerprint density at radius 1 is 0.763 bits per heavy atom. The van der Waals surface area contributed by atoms with Crippen molar-refractivity contribution in [2.45, 2.75) is 49.1 Å². The van der Waals surface area contributed by atoms with E-state index in [4.69, 9.17) is 9.47 Å². The molecule has 0 saturated heterocycles. The maximum Gasteiger partial charge on any atom is 0.410 e. The van der Waals surface area contributed by atoms with Crippen molar-refractivity contribution >= 4 is 17.9 Å². The number of carbonyl (C=O) groups excluding carboxylic acids is 1. The largest absolute Gasteiger partial charge is 0.457 e. The van der Waals surface area contributed by atoms with Gasteiger partial charge in [0.15, 0.2) is 0 Å². The summed E-state index contributed by atoms with van der Waals surface area (Å²) in [6.45, 7) is 6.71. The molecule has 1 amide bonds. The van der Waals surface area contributed by atoms with Gasteiger partial charge in [-0.25, -0.2) is 9.18 Å². The lowest BCUT2D eigenvalue weighted by Crippen LogP contribution is -2.37. The Morgan fingerprint density at radius 2 is 1.32 bits per heavy atom. The van der Waals surface area contributed by atoms with E-state index >= 15 is 0 Å². The van der Waals surface area contributed by atoms with E-state index in [2.05, 4.69) is 24.3 Å². The second-order valence-electron chi connectivity index (χ2n) is 9.91. The van der Waals surface area contributed by atoms with E-state index in [-0.39, 0.29) is 11.9 Å². The van der Waals surface area contributed by atoms with Gasteiger partial charge in [-0.3, -0.25) is 0 Å². The maximum absolute atomic E-state index is 13.1. The zero-order chi connectivity index (χ0) is 27.0. The van der Waals surface area contributed by atoms with Gasteiger partial charge in [-0.1, -0.05) is 54.2 Å². The molecule has 0 bridgehead atoms. The highest BCUT2D eigenvalue weighted by Crippen LogP contribution is 2.30. The Hall–Kier alpha value is -3.77. The Balaban J connectivity index is 1.33. The van der Waals surface area contributed by atoms with Crippen LogP contribution in [0.25, 0.3) is 0 Å². The van der Waals surface area contributed by atoms with Crippen molar-refractivity contribution < 1.29 is 18.7 Å². The number of benzene rings is 4. The summed E-state index contributed by atoms with van der Waals surface area (Å²) in [6, 6.07) is 32.1. The predicted molar refractivity (Wildman–Crippen MR) is 150 cm³/mol. The summed E-state index contributed by atoms with van der Waals surface area (Å²) >= 11 is 1.66. The van der Waals surface area contributed by atoms with Gasteiger partial charge in [-0.15, -0.1) is 0 Å². The van der Waals surface area contributed by atoms with Gasteiger partial charge in [0.05, 0.1) is 0 Å². The maximum atomic E-state index is 13.1. The molecule has 4 aromatic rings. The average molecular weight is 530 g/mol. The molecule has 0 heterocycles. The third-order valence-electron chi connectivity index (χ3n) is 5.57. The SMILES string of the molecule is CC(C)(C)OC(=O)N(CCc1ccc(Sc2ccc(Oc3ccc(F)cc3)cc2)cc1)Cc1ccccc1. The van der Waals surface area contributed by atoms with E-state index in [1.165, 1.54) is 12.1 Å². The standard InChI is InChI=1S/C32H32FNO3S/c1-32(2,3)37-31(35)34(23-25-7-5-4-6-8-25)22-21-24-9-17-29(18-10-24)38-30-19-15-28(16-20-30)36-27-13-11-26(33)12-14-27/h4-20H,21-23H2,1-3H3. The Morgan fingerprint density at radius 3 is 1.89 bits per heavy atom. The van der Waals surface area contributed by atoms with Crippen molar-refractivity contribution in [2.24, 2.45) is 0 Å². The van der Waals surface area contributed by atoms with E-state index in [9.17, 15) is 9.18 Å². The molecule has 0 radical (unpaired) electrons. The van der Waals surface area contributed by atoms with E-state index in [0.717, 1.165) is 27.3 Å². The third-order valence-corrected chi connectivity index (χ3v) is 6.59. The second-order valence-corrected chi connectivity index (χ2v) is 11.1. The fourth-order valence-corrected chi connectivity index (χ4v) is 4.52. The third kappa shape index (κ3) is 8.67. The molecule has 0 N–H and O–H groups in total. The Labute approximate surface area is 228 Å². The van der Waals surface area contributed by atoms with Crippen LogP contribution in [0.1, 0.15) is 31.9 Å². The zero-order valence-corrected chi connectivity index (χ0v) is 22.7. The molecule has 0 aliphatic heterocycles. The quantitative estimate of drug-likeness (QED) is 0.217. The zero-order valence-electron chi connectivity index (χ0n) is 21.9. The molecule has 0 unspecified atom stereocenters. The highest BCUT2D eigenvalue weighted by atomic mass is 32.2. The summed E-state index contributed by atoms with van der Waals surface area (Å²) in [7, 11) is 0. The van der Waals surface area contributed by atoms with Crippen molar-refractivity contribution in [3.05, 3.63) is 120 Å². The number of ether oxygens (including phenoxy) is 2. The molecule has 4 nitrogen and oxygen atoms in total. The molecule has 0 aliphatic rings. The molecule has 0 spiro atoms. The minimum Gasteiger partial charge on any atom is -0.457 e. The molecule has 4 aromatic carbocycles. The van der Waals surface area contributed by atoms with Crippen LogP contribution in [0.4, 0.5) is 9.18 Å². The first-order valence-electron chi connectivity index (χ1n) is 12.6. The minimum atomic E-state index is -0.545. The lowest BCUT2D eigenvalue weighted by Gasteiger charge is -2.27. The summed E-state index contributed by atoms with van der Waals surface area (Å²) in [6.07, 6.45) is 0.423.